The number of hydrogen-bond donors (Lipinski definition) is 0. The third kappa shape index (κ3) is 7.24. The lowest BCUT2D eigenvalue weighted by Crippen LogP contribution is -2.24. The number of hydrogen-bond acceptors (Lipinski definition) is 2. The average molecular weight is 230 g/mol. The molecule has 0 saturated heterocycles. The van der Waals surface area contributed by atoms with Gasteiger partial charge in [-0.2, -0.15) is 0 Å². The highest BCUT2D eigenvalue weighted by molar-refractivity contribution is 4.70. The Labute approximate surface area is 102 Å². The van der Waals surface area contributed by atoms with Gasteiger partial charge in [0.2, 0.25) is 0 Å². The van der Waals surface area contributed by atoms with Crippen LogP contribution in [0.1, 0.15) is 52.4 Å². The van der Waals surface area contributed by atoms with Crippen LogP contribution in [0.5, 0.6) is 0 Å². The fraction of sp³-hybridized carbons (Fsp3) is 1.00. The van der Waals surface area contributed by atoms with Crippen LogP contribution < -0.4 is 0 Å². The van der Waals surface area contributed by atoms with Crippen molar-refractivity contribution in [1.29, 1.82) is 0 Å². The van der Waals surface area contributed by atoms with Gasteiger partial charge in [0.25, 0.3) is 0 Å². The van der Waals surface area contributed by atoms with Crippen molar-refractivity contribution >= 4 is 0 Å². The molecule has 0 aromatic heterocycles. The predicted molar refractivity (Wildman–Crippen MR) is 69.8 cm³/mol. The molecule has 0 N–H and O–H groups in total. The van der Waals surface area contributed by atoms with E-state index in [1.54, 1.807) is 0 Å². The summed E-state index contributed by atoms with van der Waals surface area (Å²) in [7, 11) is 3.62. The summed E-state index contributed by atoms with van der Waals surface area (Å²) in [5, 5.41) is 0. The normalized spacial score (nSPS) is 15.0. The van der Waals surface area contributed by atoms with Gasteiger partial charge in [0.05, 0.1) is 0 Å². The summed E-state index contributed by atoms with van der Waals surface area (Å²) in [4.78, 5) is 0. The van der Waals surface area contributed by atoms with Gasteiger partial charge in [-0.15, -0.1) is 0 Å². The fourth-order valence-electron chi connectivity index (χ4n) is 2.27. The van der Waals surface area contributed by atoms with E-state index in [1.807, 2.05) is 14.2 Å². The lowest BCUT2D eigenvalue weighted by atomic mass is 9.85. The third-order valence-corrected chi connectivity index (χ3v) is 3.29. The van der Waals surface area contributed by atoms with Crippen molar-refractivity contribution in [3.8, 4) is 0 Å². The van der Waals surface area contributed by atoms with Crippen LogP contribution in [-0.2, 0) is 9.47 Å². The van der Waals surface area contributed by atoms with E-state index < -0.39 is 0 Å². The minimum absolute atomic E-state index is 0.677. The smallest absolute Gasteiger partial charge is 0.0493 e. The number of unbranched alkanes of at least 4 members (excludes halogenated alkanes) is 2. The highest BCUT2D eigenvalue weighted by Gasteiger charge is 2.20. The molecular weight excluding hydrogens is 200 g/mol. The van der Waals surface area contributed by atoms with Gasteiger partial charge in [-0.25, -0.2) is 0 Å². The topological polar surface area (TPSA) is 18.5 Å². The van der Waals surface area contributed by atoms with E-state index in [0.29, 0.717) is 11.8 Å². The molecule has 0 saturated carbocycles. The number of ether oxygens (including phenoxy) is 2. The molecule has 0 radical (unpaired) electrons. The van der Waals surface area contributed by atoms with Crippen LogP contribution in [0.3, 0.4) is 0 Å². The molecule has 98 valence electrons. The maximum absolute atomic E-state index is 5.35. The van der Waals surface area contributed by atoms with E-state index in [2.05, 4.69) is 13.8 Å². The van der Waals surface area contributed by atoms with Gasteiger partial charge in [-0.3, -0.25) is 0 Å². The van der Waals surface area contributed by atoms with Crippen molar-refractivity contribution in [3.05, 3.63) is 0 Å². The second-order valence-corrected chi connectivity index (χ2v) is 4.72. The lowest BCUT2D eigenvalue weighted by Gasteiger charge is -2.26. The van der Waals surface area contributed by atoms with Gasteiger partial charge >= 0.3 is 0 Å². The molecule has 2 atom stereocenters. The van der Waals surface area contributed by atoms with Gasteiger partial charge in [-0.05, 0) is 24.7 Å². The average Bonchev–Trinajstić information content (AvgIpc) is 2.30. The van der Waals surface area contributed by atoms with E-state index in [9.17, 15) is 0 Å². The molecule has 0 bridgehead atoms. The highest BCUT2D eigenvalue weighted by Crippen LogP contribution is 2.24. The van der Waals surface area contributed by atoms with Crippen molar-refractivity contribution in [1.82, 2.24) is 0 Å². The largest absolute Gasteiger partial charge is 0.384 e. The van der Waals surface area contributed by atoms with E-state index in [0.717, 1.165) is 13.2 Å². The van der Waals surface area contributed by atoms with Crippen molar-refractivity contribution in [2.75, 3.05) is 27.4 Å². The van der Waals surface area contributed by atoms with Crippen LogP contribution in [-0.4, -0.2) is 27.4 Å². The first-order valence-corrected chi connectivity index (χ1v) is 6.77. The first kappa shape index (κ1) is 15.9. The van der Waals surface area contributed by atoms with Gasteiger partial charge in [0.1, 0.15) is 0 Å². The van der Waals surface area contributed by atoms with Crippen LogP contribution in [0.15, 0.2) is 0 Å². The first-order valence-electron chi connectivity index (χ1n) is 6.77. The molecule has 0 spiro atoms. The van der Waals surface area contributed by atoms with E-state index in [4.69, 9.17) is 9.47 Å². The quantitative estimate of drug-likeness (QED) is 0.536. The predicted octanol–water partition coefficient (Wildman–Crippen LogP) is 3.89. The Balaban J connectivity index is 4.14. The van der Waals surface area contributed by atoms with Gasteiger partial charge in [-0.1, -0.05) is 39.5 Å². The van der Waals surface area contributed by atoms with Crippen LogP contribution in [0.25, 0.3) is 0 Å². The van der Waals surface area contributed by atoms with Crippen LogP contribution in [0, 0.1) is 11.8 Å². The van der Waals surface area contributed by atoms with E-state index in [1.165, 1.54) is 38.5 Å². The number of methoxy groups -OCH3 is 2. The molecule has 0 aliphatic carbocycles. The van der Waals surface area contributed by atoms with Crippen LogP contribution >= 0.6 is 0 Å². The molecule has 0 aromatic carbocycles. The Kier molecular flexibility index (Phi) is 11.3. The van der Waals surface area contributed by atoms with Crippen molar-refractivity contribution in [2.24, 2.45) is 11.8 Å². The van der Waals surface area contributed by atoms with Gasteiger partial charge in [0, 0.05) is 27.4 Å². The Morgan fingerprint density at radius 3 is 1.38 bits per heavy atom. The highest BCUT2D eigenvalue weighted by atomic mass is 16.5. The number of rotatable bonds is 11. The maximum atomic E-state index is 5.35. The lowest BCUT2D eigenvalue weighted by molar-refractivity contribution is 0.0597. The Hall–Kier alpha value is -0.0800. The zero-order valence-corrected chi connectivity index (χ0v) is 11.6. The molecule has 0 fully saturated rings. The molecule has 0 heterocycles. The minimum Gasteiger partial charge on any atom is -0.384 e. The standard InChI is InChI=1S/C14H30O2/c1-5-7-9-13(11-15-3)14(12-16-4)10-8-6-2/h13-14H,5-12H2,1-4H3. The fourth-order valence-corrected chi connectivity index (χ4v) is 2.27. The summed E-state index contributed by atoms with van der Waals surface area (Å²) < 4.78 is 10.7. The summed E-state index contributed by atoms with van der Waals surface area (Å²) in [6.07, 6.45) is 7.71. The van der Waals surface area contributed by atoms with Crippen molar-refractivity contribution in [2.45, 2.75) is 52.4 Å². The molecule has 16 heavy (non-hydrogen) atoms. The summed E-state index contributed by atoms with van der Waals surface area (Å²) in [5.74, 6) is 1.35. The maximum Gasteiger partial charge on any atom is 0.0493 e. The summed E-state index contributed by atoms with van der Waals surface area (Å²) in [6, 6.07) is 0. The second-order valence-electron chi connectivity index (χ2n) is 4.72. The summed E-state index contributed by atoms with van der Waals surface area (Å²) in [5.41, 5.74) is 0. The molecule has 0 aliphatic rings. The van der Waals surface area contributed by atoms with Crippen molar-refractivity contribution < 1.29 is 9.47 Å². The molecule has 0 amide bonds. The van der Waals surface area contributed by atoms with Gasteiger partial charge in [0.15, 0.2) is 0 Å². The second kappa shape index (κ2) is 11.4. The molecule has 2 nitrogen and oxygen atoms in total. The SMILES string of the molecule is CCCCC(COC)C(CCCC)COC. The van der Waals surface area contributed by atoms with E-state index >= 15 is 0 Å². The molecule has 0 rings (SSSR count). The third-order valence-electron chi connectivity index (χ3n) is 3.29. The van der Waals surface area contributed by atoms with E-state index in [-0.39, 0.29) is 0 Å². The summed E-state index contributed by atoms with van der Waals surface area (Å²) in [6.45, 7) is 6.28. The Morgan fingerprint density at radius 2 is 1.12 bits per heavy atom. The summed E-state index contributed by atoms with van der Waals surface area (Å²) >= 11 is 0. The monoisotopic (exact) mass is 230 g/mol. The van der Waals surface area contributed by atoms with Gasteiger partial charge < -0.3 is 9.47 Å². The Morgan fingerprint density at radius 1 is 0.750 bits per heavy atom. The molecular formula is C14H30O2. The molecule has 0 aliphatic heterocycles. The molecule has 2 heteroatoms. The molecule has 2 unspecified atom stereocenters. The molecule has 0 aromatic rings. The van der Waals surface area contributed by atoms with Crippen LogP contribution in [0.2, 0.25) is 0 Å². The first-order chi connectivity index (χ1) is 7.79. The zero-order valence-electron chi connectivity index (χ0n) is 11.6. The van der Waals surface area contributed by atoms with Crippen LogP contribution in [0.4, 0.5) is 0 Å². The zero-order chi connectivity index (χ0) is 12.2. The Bertz CT molecular complexity index is 121. The minimum atomic E-state index is 0.677. The van der Waals surface area contributed by atoms with Crippen molar-refractivity contribution in [3.63, 3.8) is 0 Å².